The zero-order valence-electron chi connectivity index (χ0n) is 13.8. The van der Waals surface area contributed by atoms with Crippen molar-refractivity contribution in [3.8, 4) is 16.9 Å². The molecule has 0 unspecified atom stereocenters. The molecule has 0 saturated heterocycles. The van der Waals surface area contributed by atoms with Gasteiger partial charge in [-0.1, -0.05) is 44.7 Å². The van der Waals surface area contributed by atoms with Crippen molar-refractivity contribution < 1.29 is 5.11 Å². The van der Waals surface area contributed by atoms with Gasteiger partial charge in [-0.05, 0) is 41.8 Å². The number of phenolic OH excluding ortho intramolecular Hbond substituents is 1. The van der Waals surface area contributed by atoms with Crippen LogP contribution >= 0.6 is 0 Å². The van der Waals surface area contributed by atoms with E-state index >= 15 is 0 Å². The topological polar surface area (TPSA) is 44.3 Å². The van der Waals surface area contributed by atoms with Crippen LogP contribution in [0, 0.1) is 0 Å². The van der Waals surface area contributed by atoms with Gasteiger partial charge >= 0.3 is 0 Å². The average Bonchev–Trinajstić information content (AvgIpc) is 2.54. The highest BCUT2D eigenvalue weighted by atomic mass is 16.3. The number of phenols is 1. The van der Waals surface area contributed by atoms with Crippen LogP contribution < -0.4 is 10.6 Å². The van der Waals surface area contributed by atoms with Crippen LogP contribution in [-0.4, -0.2) is 12.2 Å². The standard InChI is InChI=1S/C20H24N2O/c1-5-8-14(3)22-20-13-16(12-19(21-4)18(20)6-2)15-9-7-10-17(23)11-15/h6-7,9-13,21-23H,2-3,5,8H2,1,4H3. The van der Waals surface area contributed by atoms with Crippen LogP contribution in [0.3, 0.4) is 0 Å². The van der Waals surface area contributed by atoms with Gasteiger partial charge in [-0.2, -0.15) is 0 Å². The van der Waals surface area contributed by atoms with Crippen molar-refractivity contribution >= 4 is 17.5 Å². The predicted molar refractivity (Wildman–Crippen MR) is 101 cm³/mol. The number of allylic oxidation sites excluding steroid dienone is 1. The van der Waals surface area contributed by atoms with Gasteiger partial charge in [0.1, 0.15) is 5.75 Å². The third kappa shape index (κ3) is 3.95. The second kappa shape index (κ2) is 7.54. The van der Waals surface area contributed by atoms with Gasteiger partial charge in [0.25, 0.3) is 0 Å². The summed E-state index contributed by atoms with van der Waals surface area (Å²) in [6.45, 7) is 10.1. The van der Waals surface area contributed by atoms with Crippen LogP contribution in [0.5, 0.6) is 5.75 Å². The van der Waals surface area contributed by atoms with Crippen molar-refractivity contribution in [1.82, 2.24) is 0 Å². The smallest absolute Gasteiger partial charge is 0.116 e. The predicted octanol–water partition coefficient (Wildman–Crippen LogP) is 5.47. The summed E-state index contributed by atoms with van der Waals surface area (Å²) in [5, 5.41) is 16.3. The van der Waals surface area contributed by atoms with Crippen molar-refractivity contribution in [2.24, 2.45) is 0 Å². The molecule has 0 aliphatic heterocycles. The van der Waals surface area contributed by atoms with Crippen molar-refractivity contribution in [3.63, 3.8) is 0 Å². The molecule has 0 heterocycles. The SMILES string of the molecule is C=Cc1c(NC)cc(-c2cccc(O)c2)cc1NC(=C)CCC. The maximum atomic E-state index is 9.72. The van der Waals surface area contributed by atoms with Crippen LogP contribution in [0.4, 0.5) is 11.4 Å². The first-order valence-electron chi connectivity index (χ1n) is 7.81. The summed E-state index contributed by atoms with van der Waals surface area (Å²) >= 11 is 0. The Hall–Kier alpha value is -2.68. The van der Waals surface area contributed by atoms with E-state index < -0.39 is 0 Å². The molecule has 2 aromatic rings. The lowest BCUT2D eigenvalue weighted by Crippen LogP contribution is -2.03. The van der Waals surface area contributed by atoms with E-state index in [4.69, 9.17) is 0 Å². The van der Waals surface area contributed by atoms with E-state index in [1.54, 1.807) is 12.1 Å². The van der Waals surface area contributed by atoms with Gasteiger partial charge < -0.3 is 15.7 Å². The Balaban J connectivity index is 2.52. The minimum atomic E-state index is 0.256. The monoisotopic (exact) mass is 308 g/mol. The molecule has 3 nitrogen and oxygen atoms in total. The van der Waals surface area contributed by atoms with Gasteiger partial charge in [-0.15, -0.1) is 0 Å². The van der Waals surface area contributed by atoms with Gasteiger partial charge in [0, 0.05) is 29.7 Å². The van der Waals surface area contributed by atoms with Crippen LogP contribution in [0.25, 0.3) is 17.2 Å². The number of hydrogen-bond donors (Lipinski definition) is 3. The van der Waals surface area contributed by atoms with E-state index in [9.17, 15) is 5.11 Å². The van der Waals surface area contributed by atoms with Crippen LogP contribution in [0.2, 0.25) is 0 Å². The zero-order chi connectivity index (χ0) is 16.8. The largest absolute Gasteiger partial charge is 0.508 e. The molecular formula is C20H24N2O. The van der Waals surface area contributed by atoms with Gasteiger partial charge in [-0.25, -0.2) is 0 Å². The molecule has 120 valence electrons. The van der Waals surface area contributed by atoms with E-state index in [-0.39, 0.29) is 5.75 Å². The molecule has 0 saturated carbocycles. The third-order valence-corrected chi connectivity index (χ3v) is 3.70. The minimum Gasteiger partial charge on any atom is -0.508 e. The van der Waals surface area contributed by atoms with E-state index in [1.807, 2.05) is 25.3 Å². The molecule has 0 aliphatic rings. The average molecular weight is 308 g/mol. The minimum absolute atomic E-state index is 0.256. The lowest BCUT2D eigenvalue weighted by atomic mass is 9.99. The van der Waals surface area contributed by atoms with E-state index in [0.29, 0.717) is 0 Å². The van der Waals surface area contributed by atoms with E-state index in [2.05, 4.69) is 42.8 Å². The Kier molecular flexibility index (Phi) is 5.47. The van der Waals surface area contributed by atoms with E-state index in [0.717, 1.165) is 46.6 Å². The summed E-state index contributed by atoms with van der Waals surface area (Å²) in [5.74, 6) is 0.256. The third-order valence-electron chi connectivity index (χ3n) is 3.70. The first-order chi connectivity index (χ1) is 11.1. The van der Waals surface area contributed by atoms with Crippen LogP contribution in [-0.2, 0) is 0 Å². The molecule has 23 heavy (non-hydrogen) atoms. The van der Waals surface area contributed by atoms with Crippen molar-refractivity contribution in [2.75, 3.05) is 17.7 Å². The lowest BCUT2D eigenvalue weighted by Gasteiger charge is -2.17. The number of nitrogens with one attached hydrogen (secondary N) is 2. The molecule has 0 fully saturated rings. The number of benzene rings is 2. The summed E-state index contributed by atoms with van der Waals surface area (Å²) < 4.78 is 0. The maximum absolute atomic E-state index is 9.72. The van der Waals surface area contributed by atoms with Gasteiger partial charge in [0.05, 0.1) is 0 Å². The Labute approximate surface area is 138 Å². The highest BCUT2D eigenvalue weighted by molar-refractivity contribution is 5.85. The van der Waals surface area contributed by atoms with Crippen LogP contribution in [0.15, 0.2) is 55.3 Å². The fourth-order valence-electron chi connectivity index (χ4n) is 2.59. The van der Waals surface area contributed by atoms with Crippen LogP contribution in [0.1, 0.15) is 25.3 Å². The van der Waals surface area contributed by atoms with Crippen molar-refractivity contribution in [3.05, 3.63) is 60.8 Å². The fraction of sp³-hybridized carbons (Fsp3) is 0.200. The first-order valence-corrected chi connectivity index (χ1v) is 7.81. The molecule has 0 radical (unpaired) electrons. The molecule has 3 N–H and O–H groups in total. The summed E-state index contributed by atoms with van der Waals surface area (Å²) in [4.78, 5) is 0. The molecule has 3 heteroatoms. The second-order valence-electron chi connectivity index (χ2n) is 5.47. The summed E-state index contributed by atoms with van der Waals surface area (Å²) in [5.41, 5.74) is 5.90. The fourth-order valence-corrected chi connectivity index (χ4v) is 2.59. The van der Waals surface area contributed by atoms with Gasteiger partial charge in [0.15, 0.2) is 0 Å². The molecule has 2 aromatic carbocycles. The van der Waals surface area contributed by atoms with E-state index in [1.165, 1.54) is 0 Å². The highest BCUT2D eigenvalue weighted by Gasteiger charge is 2.10. The van der Waals surface area contributed by atoms with Crippen molar-refractivity contribution in [1.29, 1.82) is 0 Å². The summed E-state index contributed by atoms with van der Waals surface area (Å²) in [7, 11) is 1.89. The number of rotatable bonds is 7. The van der Waals surface area contributed by atoms with Gasteiger partial charge in [0.2, 0.25) is 0 Å². The maximum Gasteiger partial charge on any atom is 0.116 e. The second-order valence-corrected chi connectivity index (χ2v) is 5.47. The normalized spacial score (nSPS) is 10.2. The quantitative estimate of drug-likeness (QED) is 0.635. The Morgan fingerprint density at radius 3 is 2.52 bits per heavy atom. The number of anilines is 2. The zero-order valence-corrected chi connectivity index (χ0v) is 13.8. The lowest BCUT2D eigenvalue weighted by molar-refractivity contribution is 0.475. The Morgan fingerprint density at radius 2 is 1.91 bits per heavy atom. The molecule has 0 bridgehead atoms. The Morgan fingerprint density at radius 1 is 1.17 bits per heavy atom. The summed E-state index contributed by atoms with van der Waals surface area (Å²) in [6.07, 6.45) is 3.79. The van der Waals surface area contributed by atoms with Gasteiger partial charge in [-0.3, -0.25) is 0 Å². The molecule has 0 atom stereocenters. The number of aromatic hydroxyl groups is 1. The number of hydrogen-bond acceptors (Lipinski definition) is 3. The molecular weight excluding hydrogens is 284 g/mol. The molecule has 2 rings (SSSR count). The summed E-state index contributed by atoms with van der Waals surface area (Å²) in [6, 6.07) is 11.4. The molecule has 0 amide bonds. The first kappa shape index (κ1) is 16.7. The highest BCUT2D eigenvalue weighted by Crippen LogP contribution is 2.34. The molecule has 0 aliphatic carbocycles. The molecule has 0 spiro atoms. The Bertz CT molecular complexity index is 720. The van der Waals surface area contributed by atoms with Crippen molar-refractivity contribution in [2.45, 2.75) is 19.8 Å². The molecule has 0 aromatic heterocycles.